The van der Waals surface area contributed by atoms with E-state index in [1.807, 2.05) is 24.3 Å². The molecule has 3 N–H and O–H groups in total. The van der Waals surface area contributed by atoms with Crippen LogP contribution >= 0.6 is 11.8 Å². The highest BCUT2D eigenvalue weighted by Gasteiger charge is 2.24. The number of aromatic nitrogens is 3. The van der Waals surface area contributed by atoms with Gasteiger partial charge in [0.25, 0.3) is 5.24 Å². The molecule has 2 heterocycles. The van der Waals surface area contributed by atoms with Gasteiger partial charge in [0, 0.05) is 18.0 Å². The number of rotatable bonds is 7. The van der Waals surface area contributed by atoms with Gasteiger partial charge in [-0.15, -0.1) is 0 Å². The number of benzene rings is 1. The van der Waals surface area contributed by atoms with Crippen LogP contribution in [0.5, 0.6) is 0 Å². The molecule has 1 amide bonds. The number of esters is 1. The second kappa shape index (κ2) is 8.67. The molecule has 2 aromatic rings. The first kappa shape index (κ1) is 18.9. The van der Waals surface area contributed by atoms with E-state index < -0.39 is 5.97 Å². The molecule has 1 aromatic heterocycles. The average molecular weight is 388 g/mol. The molecule has 1 fully saturated rings. The lowest BCUT2D eigenvalue weighted by atomic mass is 10.1. The molecule has 0 bridgehead atoms. The summed E-state index contributed by atoms with van der Waals surface area (Å²) in [5, 5.41) is 3.01. The van der Waals surface area contributed by atoms with Crippen molar-refractivity contribution in [2.75, 3.05) is 29.9 Å². The summed E-state index contributed by atoms with van der Waals surface area (Å²) in [4.78, 5) is 37.2. The lowest BCUT2D eigenvalue weighted by Gasteiger charge is -2.13. The molecule has 10 heteroatoms. The molecule has 0 radical (unpaired) electrons. The number of nitrogen functional groups attached to an aromatic ring is 1. The summed E-state index contributed by atoms with van der Waals surface area (Å²) in [6.07, 6.45) is 0.849. The highest BCUT2D eigenvalue weighted by molar-refractivity contribution is 8.13. The minimum atomic E-state index is -0.518. The fourth-order valence-corrected chi connectivity index (χ4v) is 3.37. The Morgan fingerprint density at radius 1 is 1.33 bits per heavy atom. The van der Waals surface area contributed by atoms with Gasteiger partial charge in [0.15, 0.2) is 12.4 Å². The fraction of sp³-hybridized carbons (Fsp3) is 0.353. The van der Waals surface area contributed by atoms with Gasteiger partial charge in [-0.05, 0) is 18.1 Å². The van der Waals surface area contributed by atoms with Crippen molar-refractivity contribution < 1.29 is 14.3 Å². The van der Waals surface area contributed by atoms with E-state index in [1.165, 1.54) is 16.7 Å². The number of carbonyl (C=O) groups excluding carboxylic acids is 2. The summed E-state index contributed by atoms with van der Waals surface area (Å²) in [5.41, 5.74) is 7.72. The number of carbonyl (C=O) groups is 2. The average Bonchev–Trinajstić information content (AvgIpc) is 3.05. The molecule has 0 unspecified atom stereocenters. The molecule has 9 nitrogen and oxygen atoms in total. The maximum Gasteiger partial charge on any atom is 0.326 e. The smallest absolute Gasteiger partial charge is 0.326 e. The van der Waals surface area contributed by atoms with Gasteiger partial charge in [0.05, 0.1) is 0 Å². The van der Waals surface area contributed by atoms with Gasteiger partial charge in [-0.1, -0.05) is 36.9 Å². The zero-order valence-corrected chi connectivity index (χ0v) is 15.7. The maximum absolute atomic E-state index is 11.9. The number of amides is 1. The van der Waals surface area contributed by atoms with Crippen LogP contribution in [0.2, 0.25) is 0 Å². The van der Waals surface area contributed by atoms with E-state index >= 15 is 0 Å². The van der Waals surface area contributed by atoms with E-state index in [9.17, 15) is 9.59 Å². The van der Waals surface area contributed by atoms with Gasteiger partial charge in [-0.2, -0.15) is 15.0 Å². The Labute approximate surface area is 160 Å². The summed E-state index contributed by atoms with van der Waals surface area (Å²) < 4.78 is 5.17. The third-order valence-electron chi connectivity index (χ3n) is 3.87. The first-order chi connectivity index (χ1) is 13.0. The zero-order valence-electron chi connectivity index (χ0n) is 14.8. The largest absolute Gasteiger partial charge is 0.456 e. The van der Waals surface area contributed by atoms with Crippen LogP contribution in [0.1, 0.15) is 18.3 Å². The van der Waals surface area contributed by atoms with E-state index in [-0.39, 0.29) is 36.1 Å². The van der Waals surface area contributed by atoms with Crippen LogP contribution in [0.15, 0.2) is 24.3 Å². The van der Waals surface area contributed by atoms with Crippen molar-refractivity contribution in [2.45, 2.75) is 20.0 Å². The van der Waals surface area contributed by atoms with Crippen LogP contribution < -0.4 is 11.1 Å². The molecule has 142 valence electrons. The molecule has 0 spiro atoms. The van der Waals surface area contributed by atoms with Gasteiger partial charge in [0.2, 0.25) is 11.9 Å². The minimum absolute atomic E-state index is 0.0265. The monoisotopic (exact) mass is 388 g/mol. The Morgan fingerprint density at radius 2 is 2.15 bits per heavy atom. The van der Waals surface area contributed by atoms with E-state index in [0.717, 1.165) is 17.7 Å². The number of nitrogens with zero attached hydrogens (tertiary/aromatic N) is 4. The molecule has 27 heavy (non-hydrogen) atoms. The van der Waals surface area contributed by atoms with Gasteiger partial charge in [0.1, 0.15) is 6.54 Å². The molecule has 0 saturated carbocycles. The molecular weight excluding hydrogens is 368 g/mol. The normalized spacial score (nSPS) is 13.7. The van der Waals surface area contributed by atoms with Crippen molar-refractivity contribution in [1.82, 2.24) is 19.9 Å². The Bertz CT molecular complexity index is 847. The quantitative estimate of drug-likeness (QED) is 0.685. The van der Waals surface area contributed by atoms with Crippen LogP contribution in [0.3, 0.4) is 0 Å². The van der Waals surface area contributed by atoms with Gasteiger partial charge in [-0.3, -0.25) is 9.59 Å². The molecule has 0 aliphatic carbocycles. The van der Waals surface area contributed by atoms with Gasteiger partial charge in [-0.25, -0.2) is 0 Å². The van der Waals surface area contributed by atoms with Crippen molar-refractivity contribution in [3.8, 4) is 0 Å². The fourth-order valence-electron chi connectivity index (χ4n) is 2.55. The van der Waals surface area contributed by atoms with Gasteiger partial charge >= 0.3 is 5.97 Å². The lowest BCUT2D eigenvalue weighted by Crippen LogP contribution is -2.31. The molecule has 3 rings (SSSR count). The van der Waals surface area contributed by atoms with E-state index in [0.29, 0.717) is 12.3 Å². The van der Waals surface area contributed by atoms with E-state index in [1.54, 1.807) is 0 Å². The Morgan fingerprint density at radius 3 is 2.89 bits per heavy atom. The molecule has 1 saturated heterocycles. The summed E-state index contributed by atoms with van der Waals surface area (Å²) in [5.74, 6) is 0.703. The second-order valence-electron chi connectivity index (χ2n) is 5.77. The van der Waals surface area contributed by atoms with Crippen molar-refractivity contribution >= 4 is 40.6 Å². The van der Waals surface area contributed by atoms with E-state index in [2.05, 4.69) is 27.2 Å². The molecule has 0 atom stereocenters. The van der Waals surface area contributed by atoms with Crippen LogP contribution in [-0.4, -0.2) is 49.9 Å². The molecule has 1 aliphatic rings. The third-order valence-corrected chi connectivity index (χ3v) is 4.76. The molecular formula is C17H20N6O3S. The summed E-state index contributed by atoms with van der Waals surface area (Å²) in [6.45, 7) is 2.37. The summed E-state index contributed by atoms with van der Waals surface area (Å²) in [7, 11) is 0. The zero-order chi connectivity index (χ0) is 19.2. The van der Waals surface area contributed by atoms with Crippen LogP contribution in [0.25, 0.3) is 0 Å². The number of thioether (sulfide) groups is 1. The van der Waals surface area contributed by atoms with Crippen molar-refractivity contribution in [2.24, 2.45) is 0 Å². The number of hydrogen-bond acceptors (Lipinski definition) is 9. The number of anilines is 3. The maximum atomic E-state index is 11.9. The molecule has 1 aliphatic heterocycles. The van der Waals surface area contributed by atoms with Crippen molar-refractivity contribution in [3.05, 3.63) is 35.7 Å². The van der Waals surface area contributed by atoms with Crippen LogP contribution in [-0.2, 0) is 22.6 Å². The highest BCUT2D eigenvalue weighted by atomic mass is 32.2. The predicted octanol–water partition coefficient (Wildman–Crippen LogP) is 1.97. The van der Waals surface area contributed by atoms with Crippen LogP contribution in [0.4, 0.5) is 22.4 Å². The lowest BCUT2D eigenvalue weighted by molar-refractivity contribution is -0.145. The Kier molecular flexibility index (Phi) is 6.07. The van der Waals surface area contributed by atoms with Crippen LogP contribution in [0, 0.1) is 0 Å². The number of nitrogens with one attached hydrogen (secondary N) is 1. The minimum Gasteiger partial charge on any atom is -0.456 e. The van der Waals surface area contributed by atoms with Crippen molar-refractivity contribution in [3.63, 3.8) is 0 Å². The highest BCUT2D eigenvalue weighted by Crippen LogP contribution is 2.20. The second-order valence-corrected chi connectivity index (χ2v) is 6.81. The van der Waals surface area contributed by atoms with E-state index in [4.69, 9.17) is 10.5 Å². The summed E-state index contributed by atoms with van der Waals surface area (Å²) in [6, 6.07) is 7.80. The first-order valence-electron chi connectivity index (χ1n) is 8.48. The third kappa shape index (κ3) is 5.07. The van der Waals surface area contributed by atoms with Gasteiger partial charge < -0.3 is 20.7 Å². The SMILES string of the molecule is CCc1ccccc1Nc1nc(N)nc(COC(=O)CN2CCSC2=O)n1. The number of ether oxygens (including phenoxy) is 1. The predicted molar refractivity (Wildman–Crippen MR) is 103 cm³/mol. The molecule has 1 aromatic carbocycles. The number of hydrogen-bond donors (Lipinski definition) is 2. The standard InChI is InChI=1S/C17H20N6O3S/c1-2-11-5-3-4-6-12(11)19-16-21-13(20-15(18)22-16)10-26-14(24)9-23-7-8-27-17(23)25/h3-6H,2,7-10H2,1H3,(H3,18,19,20,21,22). The summed E-state index contributed by atoms with van der Waals surface area (Å²) >= 11 is 1.19. The first-order valence-corrected chi connectivity index (χ1v) is 9.46. The topological polar surface area (TPSA) is 123 Å². The number of para-hydroxylation sites is 1. The number of aryl methyl sites for hydroxylation is 1. The Hall–Kier alpha value is -2.88. The van der Waals surface area contributed by atoms with Crippen molar-refractivity contribution in [1.29, 1.82) is 0 Å². The Balaban J connectivity index is 1.63. The number of nitrogens with two attached hydrogens (primary N) is 1.